The molecule has 3 heterocycles. The molecule has 0 spiro atoms. The van der Waals surface area contributed by atoms with Crippen LogP contribution in [0.4, 0.5) is 8.78 Å². The highest BCUT2D eigenvalue weighted by Crippen LogP contribution is 2.39. The monoisotopic (exact) mass is 533 g/mol. The van der Waals surface area contributed by atoms with Gasteiger partial charge in [-0.1, -0.05) is 0 Å². The summed E-state index contributed by atoms with van der Waals surface area (Å²) in [6, 6.07) is 4.74. The van der Waals surface area contributed by atoms with Gasteiger partial charge in [-0.05, 0) is 44.4 Å². The third-order valence-electron chi connectivity index (χ3n) is 6.49. The van der Waals surface area contributed by atoms with Crippen molar-refractivity contribution < 1.29 is 26.7 Å². The maximum atomic E-state index is 13.1. The van der Waals surface area contributed by atoms with Crippen molar-refractivity contribution in [1.29, 1.82) is 0 Å². The molecule has 196 valence electrons. The van der Waals surface area contributed by atoms with Crippen LogP contribution in [0.15, 0.2) is 41.6 Å². The van der Waals surface area contributed by atoms with Crippen LogP contribution >= 0.6 is 0 Å². The molecule has 1 aliphatic carbocycles. The van der Waals surface area contributed by atoms with Crippen LogP contribution in [0.1, 0.15) is 49.2 Å². The summed E-state index contributed by atoms with van der Waals surface area (Å²) in [5, 5.41) is 5.01. The van der Waals surface area contributed by atoms with E-state index in [-0.39, 0.29) is 11.6 Å². The maximum Gasteiger partial charge on any atom is 0.333 e. The average molecular weight is 534 g/mol. The van der Waals surface area contributed by atoms with Gasteiger partial charge in [-0.2, -0.15) is 13.9 Å². The molecule has 1 N–H and O–H groups in total. The molecule has 0 bridgehead atoms. The Morgan fingerprint density at radius 2 is 1.89 bits per heavy atom. The van der Waals surface area contributed by atoms with E-state index in [9.17, 15) is 26.8 Å². The van der Waals surface area contributed by atoms with Crippen molar-refractivity contribution in [2.75, 3.05) is 12.1 Å². The Bertz CT molecular complexity index is 1560. The highest BCUT2D eigenvalue weighted by molar-refractivity contribution is 7.91. The van der Waals surface area contributed by atoms with Gasteiger partial charge in [-0.25, -0.2) is 17.8 Å². The number of hydrogen-bond donors (Lipinski definition) is 1. The third kappa shape index (κ3) is 4.47. The average Bonchev–Trinajstić information content (AvgIpc) is 3.59. The SMILES string of the molecule is COc1cc2c(cc1-c1cnn(C(F)F)c1)CN(C(C)C)n1cc(C(=O)NS(=O)(=O)C3CC3)c(=O)cc1-2. The van der Waals surface area contributed by atoms with Gasteiger partial charge in [-0.15, -0.1) is 0 Å². The highest BCUT2D eigenvalue weighted by atomic mass is 32.2. The standard InChI is InChI=1S/C24H25F2N5O5S/c1-13(2)30-11-14-6-18(15-9-27-29(10-15)24(25)26)22(36-3)7-17(14)20-8-21(32)19(12-31(20)30)23(33)28-37(34,35)16-4-5-16/h6-10,12-13,16,24H,4-5,11H2,1-3H3,(H,28,33). The van der Waals surface area contributed by atoms with E-state index in [0.29, 0.717) is 52.2 Å². The summed E-state index contributed by atoms with van der Waals surface area (Å²) < 4.78 is 60.5. The van der Waals surface area contributed by atoms with Gasteiger partial charge in [0.15, 0.2) is 5.43 Å². The number of rotatable bonds is 7. The fourth-order valence-corrected chi connectivity index (χ4v) is 5.70. The zero-order chi connectivity index (χ0) is 26.6. The molecule has 37 heavy (non-hydrogen) atoms. The van der Waals surface area contributed by atoms with E-state index in [2.05, 4.69) is 5.10 Å². The molecule has 1 saturated carbocycles. The topological polar surface area (TPSA) is 116 Å². The number of fused-ring (bicyclic) bond motifs is 3. The summed E-state index contributed by atoms with van der Waals surface area (Å²) >= 11 is 0. The van der Waals surface area contributed by atoms with E-state index in [4.69, 9.17) is 4.74 Å². The van der Waals surface area contributed by atoms with E-state index in [0.717, 1.165) is 5.56 Å². The second-order valence-electron chi connectivity index (χ2n) is 9.34. The van der Waals surface area contributed by atoms with Crippen molar-refractivity contribution in [3.63, 3.8) is 0 Å². The number of nitrogens with one attached hydrogen (secondary N) is 1. The zero-order valence-corrected chi connectivity index (χ0v) is 21.1. The van der Waals surface area contributed by atoms with Crippen molar-refractivity contribution in [2.24, 2.45) is 0 Å². The first-order valence-corrected chi connectivity index (χ1v) is 13.2. The van der Waals surface area contributed by atoms with Crippen LogP contribution in [0.5, 0.6) is 5.75 Å². The van der Waals surface area contributed by atoms with Gasteiger partial charge < -0.3 is 9.75 Å². The zero-order valence-electron chi connectivity index (χ0n) is 20.3. The number of carbonyl (C=O) groups is 1. The second kappa shape index (κ2) is 8.98. The van der Waals surface area contributed by atoms with Crippen molar-refractivity contribution in [3.05, 3.63) is 58.1 Å². The van der Waals surface area contributed by atoms with Crippen molar-refractivity contribution in [3.8, 4) is 28.1 Å². The minimum Gasteiger partial charge on any atom is -0.496 e. The van der Waals surface area contributed by atoms with E-state index in [1.54, 1.807) is 10.7 Å². The van der Waals surface area contributed by atoms with Crippen LogP contribution in [0, 0.1) is 0 Å². The van der Waals surface area contributed by atoms with E-state index in [1.165, 1.54) is 31.8 Å². The lowest BCUT2D eigenvalue weighted by Crippen LogP contribution is -2.45. The number of sulfonamides is 1. The first-order chi connectivity index (χ1) is 17.5. The number of methoxy groups -OCH3 is 1. The Morgan fingerprint density at radius 1 is 1.16 bits per heavy atom. The molecule has 1 aliphatic heterocycles. The van der Waals surface area contributed by atoms with Crippen LogP contribution < -0.4 is 19.9 Å². The number of hydrogen-bond acceptors (Lipinski definition) is 7. The molecule has 0 unspecified atom stereocenters. The van der Waals surface area contributed by atoms with Crippen LogP contribution in [0.25, 0.3) is 22.4 Å². The lowest BCUT2D eigenvalue weighted by molar-refractivity contribution is 0.0566. The third-order valence-corrected chi connectivity index (χ3v) is 8.31. The largest absolute Gasteiger partial charge is 0.496 e. The predicted octanol–water partition coefficient (Wildman–Crippen LogP) is 2.86. The molecule has 1 fully saturated rings. The highest BCUT2D eigenvalue weighted by Gasteiger charge is 2.37. The smallest absolute Gasteiger partial charge is 0.333 e. The Kier molecular flexibility index (Phi) is 6.05. The van der Waals surface area contributed by atoms with Crippen molar-refractivity contribution in [2.45, 2.75) is 51.1 Å². The van der Waals surface area contributed by atoms with Crippen molar-refractivity contribution in [1.82, 2.24) is 19.2 Å². The number of carbonyl (C=O) groups excluding carboxylic acids is 1. The number of ether oxygens (including phenoxy) is 1. The number of alkyl halides is 2. The van der Waals surface area contributed by atoms with Gasteiger partial charge in [0, 0.05) is 41.2 Å². The van der Waals surface area contributed by atoms with E-state index in [1.807, 2.05) is 29.6 Å². The molecule has 5 rings (SSSR count). The molecule has 0 radical (unpaired) electrons. The fourth-order valence-electron chi connectivity index (χ4n) is 4.41. The molecule has 0 saturated heterocycles. The Balaban J connectivity index is 1.61. The summed E-state index contributed by atoms with van der Waals surface area (Å²) in [7, 11) is -2.38. The van der Waals surface area contributed by atoms with Gasteiger partial charge >= 0.3 is 6.55 Å². The molecule has 13 heteroatoms. The number of nitrogens with zero attached hydrogens (tertiary/aromatic N) is 4. The number of benzene rings is 1. The predicted molar refractivity (Wildman–Crippen MR) is 132 cm³/mol. The Hall–Kier alpha value is -3.74. The van der Waals surface area contributed by atoms with E-state index < -0.39 is 33.2 Å². The van der Waals surface area contributed by atoms with Gasteiger partial charge in [0.2, 0.25) is 10.0 Å². The minimum absolute atomic E-state index is 0.0763. The molecule has 1 aromatic carbocycles. The molecular formula is C24H25F2N5O5S. The Labute approximate surface area is 211 Å². The summed E-state index contributed by atoms with van der Waals surface area (Å²) in [5.74, 6) is -0.576. The van der Waals surface area contributed by atoms with Crippen LogP contribution in [-0.2, 0) is 16.6 Å². The number of halogens is 2. The summed E-state index contributed by atoms with van der Waals surface area (Å²) in [5.41, 5.74) is 2.04. The first-order valence-electron chi connectivity index (χ1n) is 11.6. The number of amides is 1. The van der Waals surface area contributed by atoms with Crippen molar-refractivity contribution >= 4 is 15.9 Å². The minimum atomic E-state index is -3.83. The van der Waals surface area contributed by atoms with Crippen LogP contribution in [-0.4, -0.2) is 47.2 Å². The van der Waals surface area contributed by atoms with Gasteiger partial charge in [0.25, 0.3) is 5.91 Å². The maximum absolute atomic E-state index is 13.1. The molecule has 3 aromatic rings. The Morgan fingerprint density at radius 3 is 2.49 bits per heavy atom. The van der Waals surface area contributed by atoms with Crippen LogP contribution in [0.3, 0.4) is 0 Å². The van der Waals surface area contributed by atoms with E-state index >= 15 is 0 Å². The lowest BCUT2D eigenvalue weighted by atomic mass is 9.95. The molecule has 10 nitrogen and oxygen atoms in total. The number of pyridine rings is 1. The fraction of sp³-hybridized carbons (Fsp3) is 0.375. The first kappa shape index (κ1) is 24.9. The van der Waals surface area contributed by atoms with Gasteiger partial charge in [0.1, 0.15) is 11.3 Å². The molecular weight excluding hydrogens is 508 g/mol. The molecule has 1 amide bonds. The summed E-state index contributed by atoms with van der Waals surface area (Å²) in [4.78, 5) is 25.8. The summed E-state index contributed by atoms with van der Waals surface area (Å²) in [6.45, 7) is 1.45. The van der Waals surface area contributed by atoms with Crippen LogP contribution in [0.2, 0.25) is 0 Å². The lowest BCUT2D eigenvalue weighted by Gasteiger charge is -2.38. The molecule has 2 aliphatic rings. The summed E-state index contributed by atoms with van der Waals surface area (Å²) in [6.07, 6.45) is 4.88. The second-order valence-corrected chi connectivity index (χ2v) is 11.3. The van der Waals surface area contributed by atoms with Gasteiger partial charge in [0.05, 0.1) is 30.8 Å². The normalized spacial score (nSPS) is 15.1. The molecule has 0 atom stereocenters. The quantitative estimate of drug-likeness (QED) is 0.497. The molecule has 2 aromatic heterocycles. The van der Waals surface area contributed by atoms with Gasteiger partial charge in [-0.3, -0.25) is 14.3 Å². The number of aromatic nitrogens is 3.